The van der Waals surface area contributed by atoms with Crippen LogP contribution in [0.25, 0.3) is 10.8 Å². The van der Waals surface area contributed by atoms with Gasteiger partial charge in [0, 0.05) is 29.9 Å². The van der Waals surface area contributed by atoms with Crippen molar-refractivity contribution in [2.75, 3.05) is 32.1 Å². The first kappa shape index (κ1) is 14.6. The quantitative estimate of drug-likeness (QED) is 0.920. The van der Waals surface area contributed by atoms with Crippen LogP contribution in [-0.4, -0.2) is 43.1 Å². The molecule has 1 saturated heterocycles. The van der Waals surface area contributed by atoms with Gasteiger partial charge in [-0.3, -0.25) is 4.79 Å². The number of hydrogen-bond acceptors (Lipinski definition) is 4. The van der Waals surface area contributed by atoms with E-state index >= 15 is 0 Å². The van der Waals surface area contributed by atoms with Crippen LogP contribution in [-0.2, 0) is 0 Å². The van der Waals surface area contributed by atoms with Crippen LogP contribution in [0.5, 0.6) is 0 Å². The van der Waals surface area contributed by atoms with Crippen LogP contribution in [0.15, 0.2) is 29.1 Å². The van der Waals surface area contributed by atoms with Crippen LogP contribution in [0, 0.1) is 11.3 Å². The summed E-state index contributed by atoms with van der Waals surface area (Å²) in [5.41, 5.74) is 0.423. The molecule has 1 aliphatic heterocycles. The van der Waals surface area contributed by atoms with Gasteiger partial charge in [0.25, 0.3) is 5.56 Å². The highest BCUT2D eigenvalue weighted by atomic mass is 16.1. The normalized spacial score (nSPS) is 16.2. The van der Waals surface area contributed by atoms with Crippen LogP contribution in [0.4, 0.5) is 5.82 Å². The number of nitrogens with zero attached hydrogens (tertiary/aromatic N) is 3. The lowest BCUT2D eigenvalue weighted by Crippen LogP contribution is -2.42. The SMILES string of the molecule is CN(C)C1CCN(c2cc3c(C#N)cccc3c(=O)[nH]2)CC1. The van der Waals surface area contributed by atoms with E-state index in [4.69, 9.17) is 0 Å². The van der Waals surface area contributed by atoms with Crippen molar-refractivity contribution in [1.82, 2.24) is 9.88 Å². The smallest absolute Gasteiger partial charge is 0.257 e. The predicted molar refractivity (Wildman–Crippen MR) is 88.2 cm³/mol. The molecule has 0 aliphatic carbocycles. The number of fused-ring (bicyclic) bond motifs is 1. The van der Waals surface area contributed by atoms with Crippen molar-refractivity contribution in [3.63, 3.8) is 0 Å². The minimum Gasteiger partial charge on any atom is -0.358 e. The second kappa shape index (κ2) is 5.82. The molecular weight excluding hydrogens is 276 g/mol. The van der Waals surface area contributed by atoms with Crippen LogP contribution in [0.1, 0.15) is 18.4 Å². The molecule has 1 fully saturated rings. The van der Waals surface area contributed by atoms with Crippen molar-refractivity contribution in [2.24, 2.45) is 0 Å². The predicted octanol–water partition coefficient (Wildman–Crippen LogP) is 1.93. The van der Waals surface area contributed by atoms with Crippen molar-refractivity contribution in [1.29, 1.82) is 5.26 Å². The number of nitriles is 1. The zero-order valence-corrected chi connectivity index (χ0v) is 13.0. The maximum atomic E-state index is 12.3. The molecule has 114 valence electrons. The maximum absolute atomic E-state index is 12.3. The molecule has 0 atom stereocenters. The maximum Gasteiger partial charge on any atom is 0.257 e. The minimum atomic E-state index is -0.126. The average Bonchev–Trinajstić information content (AvgIpc) is 2.54. The highest BCUT2D eigenvalue weighted by Crippen LogP contribution is 2.23. The molecule has 1 N–H and O–H groups in total. The zero-order valence-electron chi connectivity index (χ0n) is 13.0. The van der Waals surface area contributed by atoms with E-state index in [-0.39, 0.29) is 5.56 Å². The van der Waals surface area contributed by atoms with Crippen molar-refractivity contribution < 1.29 is 0 Å². The number of pyridine rings is 1. The van der Waals surface area contributed by atoms with Gasteiger partial charge in [-0.2, -0.15) is 5.26 Å². The number of nitrogens with one attached hydrogen (secondary N) is 1. The summed E-state index contributed by atoms with van der Waals surface area (Å²) in [5, 5.41) is 10.6. The zero-order chi connectivity index (χ0) is 15.7. The molecule has 2 aromatic rings. The number of aromatic amines is 1. The van der Waals surface area contributed by atoms with Gasteiger partial charge >= 0.3 is 0 Å². The van der Waals surface area contributed by atoms with E-state index in [1.807, 2.05) is 6.07 Å². The van der Waals surface area contributed by atoms with E-state index < -0.39 is 0 Å². The number of hydrogen-bond donors (Lipinski definition) is 1. The molecular formula is C17H20N4O. The van der Waals surface area contributed by atoms with E-state index in [9.17, 15) is 10.1 Å². The third kappa shape index (κ3) is 2.58. The highest BCUT2D eigenvalue weighted by molar-refractivity contribution is 5.89. The van der Waals surface area contributed by atoms with Crippen LogP contribution < -0.4 is 10.5 Å². The lowest BCUT2D eigenvalue weighted by molar-refractivity contribution is 0.249. The molecule has 0 radical (unpaired) electrons. The van der Waals surface area contributed by atoms with E-state index in [2.05, 4.69) is 34.9 Å². The first-order valence-corrected chi connectivity index (χ1v) is 7.57. The number of rotatable bonds is 2. The summed E-state index contributed by atoms with van der Waals surface area (Å²) < 4.78 is 0. The van der Waals surface area contributed by atoms with E-state index in [0.717, 1.165) is 37.1 Å². The average molecular weight is 296 g/mol. The Bertz CT molecular complexity index is 779. The van der Waals surface area contributed by atoms with Gasteiger partial charge in [0.05, 0.1) is 11.6 Å². The monoisotopic (exact) mass is 296 g/mol. The molecule has 1 aromatic carbocycles. The Morgan fingerprint density at radius 3 is 2.64 bits per heavy atom. The number of aromatic nitrogens is 1. The molecule has 0 amide bonds. The standard InChI is InChI=1S/C17H20N4O/c1-20(2)13-6-8-21(9-7-13)16-10-15-12(11-18)4-3-5-14(15)17(22)19-16/h3-5,10,13H,6-9H2,1-2H3,(H,19,22). The summed E-state index contributed by atoms with van der Waals surface area (Å²) in [6.45, 7) is 1.83. The summed E-state index contributed by atoms with van der Waals surface area (Å²) in [7, 11) is 4.22. The van der Waals surface area contributed by atoms with Crippen molar-refractivity contribution >= 4 is 16.6 Å². The molecule has 0 spiro atoms. The minimum absolute atomic E-state index is 0.126. The highest BCUT2D eigenvalue weighted by Gasteiger charge is 2.21. The lowest BCUT2D eigenvalue weighted by atomic mass is 10.0. The third-order valence-electron chi connectivity index (χ3n) is 4.53. The molecule has 0 saturated carbocycles. The molecule has 5 heteroatoms. The fraction of sp³-hybridized carbons (Fsp3) is 0.412. The molecule has 1 aliphatic rings. The number of anilines is 1. The van der Waals surface area contributed by atoms with Crippen LogP contribution in [0.2, 0.25) is 0 Å². The molecule has 3 rings (SSSR count). The van der Waals surface area contributed by atoms with Gasteiger partial charge in [0.2, 0.25) is 0 Å². The fourth-order valence-corrected chi connectivity index (χ4v) is 3.17. The molecule has 2 heterocycles. The number of piperidine rings is 1. The molecule has 0 unspecified atom stereocenters. The van der Waals surface area contributed by atoms with E-state index in [1.54, 1.807) is 18.2 Å². The molecule has 22 heavy (non-hydrogen) atoms. The van der Waals surface area contributed by atoms with Gasteiger partial charge in [-0.25, -0.2) is 0 Å². The van der Waals surface area contributed by atoms with Gasteiger partial charge < -0.3 is 14.8 Å². The second-order valence-corrected chi connectivity index (χ2v) is 6.04. The largest absolute Gasteiger partial charge is 0.358 e. The topological polar surface area (TPSA) is 63.1 Å². The molecule has 5 nitrogen and oxygen atoms in total. The Hall–Kier alpha value is -2.32. The summed E-state index contributed by atoms with van der Waals surface area (Å²) in [4.78, 5) is 19.7. The van der Waals surface area contributed by atoms with Gasteiger partial charge in [0.1, 0.15) is 5.82 Å². The van der Waals surface area contributed by atoms with E-state index in [1.165, 1.54) is 0 Å². The molecule has 1 aromatic heterocycles. The molecule has 0 bridgehead atoms. The van der Waals surface area contributed by atoms with Gasteiger partial charge in [-0.05, 0) is 45.1 Å². The first-order valence-electron chi connectivity index (χ1n) is 7.57. The van der Waals surface area contributed by atoms with Crippen LogP contribution in [0.3, 0.4) is 0 Å². The third-order valence-corrected chi connectivity index (χ3v) is 4.53. The van der Waals surface area contributed by atoms with Gasteiger partial charge in [0.15, 0.2) is 0 Å². The summed E-state index contributed by atoms with van der Waals surface area (Å²) in [5.74, 6) is 0.817. The Balaban J connectivity index is 1.96. The number of benzene rings is 1. The van der Waals surface area contributed by atoms with E-state index in [0.29, 0.717) is 17.0 Å². The Labute approximate surface area is 129 Å². The van der Waals surface area contributed by atoms with Crippen molar-refractivity contribution in [3.8, 4) is 6.07 Å². The van der Waals surface area contributed by atoms with Gasteiger partial charge in [-0.1, -0.05) is 6.07 Å². The summed E-state index contributed by atoms with van der Waals surface area (Å²) >= 11 is 0. The van der Waals surface area contributed by atoms with Crippen molar-refractivity contribution in [2.45, 2.75) is 18.9 Å². The van der Waals surface area contributed by atoms with Crippen molar-refractivity contribution in [3.05, 3.63) is 40.2 Å². The Morgan fingerprint density at radius 1 is 1.27 bits per heavy atom. The fourth-order valence-electron chi connectivity index (χ4n) is 3.17. The first-order chi connectivity index (χ1) is 10.6. The second-order valence-electron chi connectivity index (χ2n) is 6.04. The summed E-state index contributed by atoms with van der Waals surface area (Å²) in [6.07, 6.45) is 2.15. The number of H-pyrrole nitrogens is 1. The lowest BCUT2D eigenvalue weighted by Gasteiger charge is -2.36. The Morgan fingerprint density at radius 2 is 2.00 bits per heavy atom. The van der Waals surface area contributed by atoms with Crippen LogP contribution >= 0.6 is 0 Å². The summed E-state index contributed by atoms with van der Waals surface area (Å²) in [6, 6.07) is 9.97. The Kier molecular flexibility index (Phi) is 3.86. The van der Waals surface area contributed by atoms with Gasteiger partial charge in [-0.15, -0.1) is 0 Å².